The average molecular weight is 411 g/mol. The Morgan fingerprint density at radius 3 is 2.55 bits per heavy atom. The van der Waals surface area contributed by atoms with E-state index in [0.29, 0.717) is 31.1 Å². The summed E-state index contributed by atoms with van der Waals surface area (Å²) in [5.74, 6) is 0.0233. The molecule has 2 heterocycles. The first-order valence-electron chi connectivity index (χ1n) is 9.63. The highest BCUT2D eigenvalue weighted by molar-refractivity contribution is 6.30. The predicted molar refractivity (Wildman–Crippen MR) is 110 cm³/mol. The number of likely N-dealkylation sites (tertiary alicyclic amines) is 1. The van der Waals surface area contributed by atoms with Crippen molar-refractivity contribution in [2.24, 2.45) is 0 Å². The largest absolute Gasteiger partial charge is 0.351 e. The number of benzene rings is 2. The molecule has 150 valence electrons. The van der Waals surface area contributed by atoms with Gasteiger partial charge in [-0.1, -0.05) is 53.6 Å². The molecule has 1 N–H and O–H groups in total. The number of aromatic nitrogens is 4. The van der Waals surface area contributed by atoms with Gasteiger partial charge in [-0.05, 0) is 47.0 Å². The standard InChI is InChI=1S/C21H23ClN6O/c1-15-2-4-16(5-3-15)11-23-21(29)20-10-19(28-14-24-25-26-28)13-27(20)12-17-6-8-18(22)9-7-17/h2-9,14,19-20H,10-13H2,1H3,(H,23,29)/t19-,20-/m0/s1. The number of halogens is 1. The van der Waals surface area contributed by atoms with Crippen LogP contribution in [0.25, 0.3) is 0 Å². The third-order valence-electron chi connectivity index (χ3n) is 5.31. The second kappa shape index (κ2) is 8.71. The molecule has 2 atom stereocenters. The molecule has 7 nitrogen and oxygen atoms in total. The number of nitrogens with one attached hydrogen (secondary N) is 1. The van der Waals surface area contributed by atoms with Gasteiger partial charge in [-0.25, -0.2) is 4.68 Å². The molecule has 4 rings (SSSR count). The van der Waals surface area contributed by atoms with Gasteiger partial charge in [0, 0.05) is 24.7 Å². The maximum absolute atomic E-state index is 13.0. The fourth-order valence-corrected chi connectivity index (χ4v) is 3.82. The number of hydrogen-bond donors (Lipinski definition) is 1. The van der Waals surface area contributed by atoms with E-state index >= 15 is 0 Å². The highest BCUT2D eigenvalue weighted by atomic mass is 35.5. The van der Waals surface area contributed by atoms with Gasteiger partial charge in [0.05, 0.1) is 12.1 Å². The lowest BCUT2D eigenvalue weighted by Gasteiger charge is -2.23. The monoisotopic (exact) mass is 410 g/mol. The van der Waals surface area contributed by atoms with Crippen LogP contribution in [0.5, 0.6) is 0 Å². The minimum absolute atomic E-state index is 0.0233. The van der Waals surface area contributed by atoms with Crippen molar-refractivity contribution in [3.05, 3.63) is 76.6 Å². The van der Waals surface area contributed by atoms with Crippen LogP contribution in [-0.4, -0.2) is 43.6 Å². The van der Waals surface area contributed by atoms with E-state index in [4.69, 9.17) is 11.6 Å². The van der Waals surface area contributed by atoms with Crippen LogP contribution in [0.15, 0.2) is 54.9 Å². The first kappa shape index (κ1) is 19.5. The van der Waals surface area contributed by atoms with Crippen molar-refractivity contribution in [2.75, 3.05) is 6.54 Å². The van der Waals surface area contributed by atoms with E-state index in [0.717, 1.165) is 11.1 Å². The van der Waals surface area contributed by atoms with E-state index in [1.54, 1.807) is 11.0 Å². The maximum Gasteiger partial charge on any atom is 0.237 e. The summed E-state index contributed by atoms with van der Waals surface area (Å²) in [6, 6.07) is 15.7. The third kappa shape index (κ3) is 4.81. The van der Waals surface area contributed by atoms with Gasteiger partial charge >= 0.3 is 0 Å². The van der Waals surface area contributed by atoms with Crippen LogP contribution in [-0.2, 0) is 17.9 Å². The van der Waals surface area contributed by atoms with Crippen molar-refractivity contribution in [2.45, 2.75) is 38.5 Å². The Morgan fingerprint density at radius 2 is 1.86 bits per heavy atom. The average Bonchev–Trinajstić information content (AvgIpc) is 3.39. The summed E-state index contributed by atoms with van der Waals surface area (Å²) in [5, 5.41) is 15.3. The lowest BCUT2D eigenvalue weighted by molar-refractivity contribution is -0.125. The zero-order valence-electron chi connectivity index (χ0n) is 16.2. The summed E-state index contributed by atoms with van der Waals surface area (Å²) in [4.78, 5) is 15.2. The summed E-state index contributed by atoms with van der Waals surface area (Å²) < 4.78 is 1.74. The molecule has 8 heteroatoms. The normalized spacial score (nSPS) is 19.4. The molecule has 0 bridgehead atoms. The van der Waals surface area contributed by atoms with E-state index in [9.17, 15) is 4.79 Å². The number of hydrogen-bond acceptors (Lipinski definition) is 5. The fraction of sp³-hybridized carbons (Fsp3) is 0.333. The van der Waals surface area contributed by atoms with Crippen LogP contribution in [0.1, 0.15) is 29.2 Å². The van der Waals surface area contributed by atoms with Gasteiger partial charge < -0.3 is 5.32 Å². The van der Waals surface area contributed by atoms with Gasteiger partial charge in [0.15, 0.2) is 0 Å². The number of rotatable bonds is 6. The van der Waals surface area contributed by atoms with Crippen molar-refractivity contribution < 1.29 is 4.79 Å². The molecule has 2 aromatic carbocycles. The Balaban J connectivity index is 1.46. The van der Waals surface area contributed by atoms with Gasteiger partial charge in [0.1, 0.15) is 6.33 Å². The Kier molecular flexibility index (Phi) is 5.87. The first-order chi connectivity index (χ1) is 14.1. The Labute approximate surface area is 174 Å². The van der Waals surface area contributed by atoms with Crippen LogP contribution in [0.4, 0.5) is 0 Å². The smallest absolute Gasteiger partial charge is 0.237 e. The van der Waals surface area contributed by atoms with Crippen LogP contribution in [0.3, 0.4) is 0 Å². The summed E-state index contributed by atoms with van der Waals surface area (Å²) in [6.45, 7) is 3.93. The number of amides is 1. The Bertz CT molecular complexity index is 942. The first-order valence-corrected chi connectivity index (χ1v) is 10.0. The number of carbonyl (C=O) groups is 1. The number of carbonyl (C=O) groups excluding carboxylic acids is 1. The van der Waals surface area contributed by atoms with Gasteiger partial charge in [0.2, 0.25) is 5.91 Å². The maximum atomic E-state index is 13.0. The van der Waals surface area contributed by atoms with E-state index in [1.807, 2.05) is 36.4 Å². The number of tetrazole rings is 1. The van der Waals surface area contributed by atoms with E-state index < -0.39 is 0 Å². The topological polar surface area (TPSA) is 75.9 Å². The fourth-order valence-electron chi connectivity index (χ4n) is 3.69. The predicted octanol–water partition coefficient (Wildman–Crippen LogP) is 2.77. The summed E-state index contributed by atoms with van der Waals surface area (Å²) in [6.07, 6.45) is 2.27. The van der Waals surface area contributed by atoms with Gasteiger partial charge in [-0.2, -0.15) is 0 Å². The lowest BCUT2D eigenvalue weighted by Crippen LogP contribution is -2.42. The van der Waals surface area contributed by atoms with Crippen LogP contribution in [0.2, 0.25) is 5.02 Å². The lowest BCUT2D eigenvalue weighted by atomic mass is 10.1. The SMILES string of the molecule is Cc1ccc(CNC(=O)[C@@H]2C[C@H](n3cnnn3)CN2Cc2ccc(Cl)cc2)cc1. The van der Waals surface area contributed by atoms with Gasteiger partial charge in [-0.15, -0.1) is 5.10 Å². The van der Waals surface area contributed by atoms with Crippen molar-refractivity contribution >= 4 is 17.5 Å². The minimum atomic E-state index is -0.245. The van der Waals surface area contributed by atoms with Crippen LogP contribution >= 0.6 is 11.6 Å². The number of aryl methyl sites for hydroxylation is 1. The number of nitrogens with zero attached hydrogens (tertiary/aromatic N) is 5. The van der Waals surface area contributed by atoms with Crippen molar-refractivity contribution in [1.29, 1.82) is 0 Å². The zero-order chi connectivity index (χ0) is 20.2. The van der Waals surface area contributed by atoms with Crippen molar-refractivity contribution in [3.63, 3.8) is 0 Å². The molecule has 0 saturated carbocycles. The minimum Gasteiger partial charge on any atom is -0.351 e. The molecule has 1 aliphatic rings. The molecule has 3 aromatic rings. The molecule has 1 aliphatic heterocycles. The summed E-state index contributed by atoms with van der Waals surface area (Å²) in [5.41, 5.74) is 3.40. The molecule has 1 fully saturated rings. The van der Waals surface area contributed by atoms with E-state index in [2.05, 4.69) is 44.8 Å². The van der Waals surface area contributed by atoms with Crippen molar-refractivity contribution in [3.8, 4) is 0 Å². The molecule has 1 amide bonds. The zero-order valence-corrected chi connectivity index (χ0v) is 17.0. The Morgan fingerprint density at radius 1 is 1.14 bits per heavy atom. The summed E-state index contributed by atoms with van der Waals surface area (Å²) >= 11 is 6.00. The highest BCUT2D eigenvalue weighted by Crippen LogP contribution is 2.28. The molecule has 29 heavy (non-hydrogen) atoms. The second-order valence-corrected chi connectivity index (χ2v) is 7.89. The molecule has 0 unspecified atom stereocenters. The molecular formula is C21H23ClN6O. The van der Waals surface area contributed by atoms with Crippen LogP contribution < -0.4 is 5.32 Å². The second-order valence-electron chi connectivity index (χ2n) is 7.45. The van der Waals surface area contributed by atoms with Gasteiger partial charge in [-0.3, -0.25) is 9.69 Å². The van der Waals surface area contributed by atoms with E-state index in [1.165, 1.54) is 5.56 Å². The van der Waals surface area contributed by atoms with Gasteiger partial charge in [0.25, 0.3) is 0 Å². The Hall–Kier alpha value is -2.77. The van der Waals surface area contributed by atoms with E-state index in [-0.39, 0.29) is 18.0 Å². The molecular weight excluding hydrogens is 388 g/mol. The highest BCUT2D eigenvalue weighted by Gasteiger charge is 2.38. The van der Waals surface area contributed by atoms with Crippen LogP contribution in [0, 0.1) is 6.92 Å². The summed E-state index contributed by atoms with van der Waals surface area (Å²) in [7, 11) is 0. The quantitative estimate of drug-likeness (QED) is 0.676. The molecule has 0 aliphatic carbocycles. The molecule has 0 radical (unpaired) electrons. The van der Waals surface area contributed by atoms with Crippen molar-refractivity contribution in [1.82, 2.24) is 30.4 Å². The molecule has 1 aromatic heterocycles. The third-order valence-corrected chi connectivity index (χ3v) is 5.56. The molecule has 1 saturated heterocycles. The molecule has 0 spiro atoms.